The van der Waals surface area contributed by atoms with Crippen molar-refractivity contribution >= 4 is 11.6 Å². The first-order valence-electron chi connectivity index (χ1n) is 3.63. The Balaban J connectivity index is 3.30. The number of nitriles is 1. The molecule has 0 amide bonds. The van der Waals surface area contributed by atoms with Gasteiger partial charge >= 0.3 is 0 Å². The van der Waals surface area contributed by atoms with Crippen molar-refractivity contribution in [2.75, 3.05) is 0 Å². The van der Waals surface area contributed by atoms with Crippen LogP contribution < -0.4 is 5.56 Å². The fraction of sp³-hybridized carbons (Fsp3) is 0.250. The summed E-state index contributed by atoms with van der Waals surface area (Å²) in [5, 5.41) is 7.79. The van der Waals surface area contributed by atoms with Crippen molar-refractivity contribution < 1.29 is 8.78 Å². The van der Waals surface area contributed by atoms with Gasteiger partial charge in [0.05, 0.1) is 12.5 Å². The van der Waals surface area contributed by atoms with Crippen LogP contribution in [0.4, 0.5) is 8.78 Å². The minimum absolute atomic E-state index is 0.133. The summed E-state index contributed by atoms with van der Waals surface area (Å²) in [4.78, 5) is 13.2. The van der Waals surface area contributed by atoms with E-state index in [-0.39, 0.29) is 12.1 Å². The van der Waals surface area contributed by atoms with Crippen LogP contribution in [0.3, 0.4) is 0 Å². The highest BCUT2D eigenvalue weighted by molar-refractivity contribution is 6.31. The highest BCUT2D eigenvalue weighted by atomic mass is 35.5. The molecule has 0 radical (unpaired) electrons. The van der Waals surface area contributed by atoms with Crippen molar-refractivity contribution in [1.29, 1.82) is 5.26 Å². The number of hydrogen-bond acceptors (Lipinski definition) is 2. The molecule has 0 bridgehead atoms. The van der Waals surface area contributed by atoms with Crippen LogP contribution in [0.2, 0.25) is 5.02 Å². The lowest BCUT2D eigenvalue weighted by atomic mass is 10.2. The Kier molecular flexibility index (Phi) is 3.20. The number of pyridine rings is 1. The number of nitrogens with one attached hydrogen (secondary N) is 1. The van der Waals surface area contributed by atoms with E-state index in [1.807, 2.05) is 0 Å². The molecule has 0 aliphatic carbocycles. The molecule has 0 saturated carbocycles. The van der Waals surface area contributed by atoms with Gasteiger partial charge in [0.1, 0.15) is 5.02 Å². The van der Waals surface area contributed by atoms with Gasteiger partial charge in [-0.05, 0) is 6.07 Å². The molecular formula is C8H5ClF2N2O. The van der Waals surface area contributed by atoms with Gasteiger partial charge in [0.15, 0.2) is 0 Å². The van der Waals surface area contributed by atoms with Gasteiger partial charge in [0.2, 0.25) is 0 Å². The van der Waals surface area contributed by atoms with Gasteiger partial charge in [-0.15, -0.1) is 0 Å². The van der Waals surface area contributed by atoms with Crippen LogP contribution in [-0.2, 0) is 6.42 Å². The zero-order chi connectivity index (χ0) is 10.7. The quantitative estimate of drug-likeness (QED) is 0.826. The molecule has 0 saturated heterocycles. The van der Waals surface area contributed by atoms with Crippen LogP contribution in [0, 0.1) is 11.3 Å². The first-order valence-corrected chi connectivity index (χ1v) is 4.00. The van der Waals surface area contributed by atoms with Gasteiger partial charge in [0, 0.05) is 11.3 Å². The van der Waals surface area contributed by atoms with Crippen LogP contribution in [0.15, 0.2) is 10.9 Å². The number of aromatic nitrogens is 1. The standard InChI is InChI=1S/C8H5ClF2N2O/c9-6-5(7(10)11)3-4(1-2-12)13-8(6)14/h3,7H,1H2,(H,13,14). The lowest BCUT2D eigenvalue weighted by Crippen LogP contribution is -2.12. The minimum atomic E-state index is -2.82. The van der Waals surface area contributed by atoms with Gasteiger partial charge in [-0.1, -0.05) is 11.6 Å². The van der Waals surface area contributed by atoms with Crippen molar-refractivity contribution in [1.82, 2.24) is 4.98 Å². The number of H-pyrrole nitrogens is 1. The van der Waals surface area contributed by atoms with E-state index >= 15 is 0 Å². The first kappa shape index (κ1) is 10.7. The molecule has 0 aliphatic heterocycles. The van der Waals surface area contributed by atoms with Crippen molar-refractivity contribution in [3.05, 3.63) is 32.7 Å². The molecule has 1 rings (SSSR count). The van der Waals surface area contributed by atoms with E-state index in [9.17, 15) is 13.6 Å². The smallest absolute Gasteiger partial charge is 0.267 e. The van der Waals surface area contributed by atoms with E-state index in [2.05, 4.69) is 4.98 Å². The van der Waals surface area contributed by atoms with Gasteiger partial charge in [0.25, 0.3) is 12.0 Å². The Morgan fingerprint density at radius 3 is 2.79 bits per heavy atom. The van der Waals surface area contributed by atoms with Crippen LogP contribution in [0.25, 0.3) is 0 Å². The molecule has 3 nitrogen and oxygen atoms in total. The molecule has 0 aliphatic rings. The molecule has 0 atom stereocenters. The van der Waals surface area contributed by atoms with Gasteiger partial charge in [-0.2, -0.15) is 5.26 Å². The molecule has 14 heavy (non-hydrogen) atoms. The molecule has 0 aromatic carbocycles. The topological polar surface area (TPSA) is 56.6 Å². The Labute approximate surface area is 82.9 Å². The predicted molar refractivity (Wildman–Crippen MR) is 46.3 cm³/mol. The summed E-state index contributed by atoms with van der Waals surface area (Å²) in [6, 6.07) is 2.76. The predicted octanol–water partition coefficient (Wildman–Crippen LogP) is 2.03. The molecular weight excluding hydrogens is 214 g/mol. The van der Waals surface area contributed by atoms with Crippen LogP contribution in [0.5, 0.6) is 0 Å². The maximum atomic E-state index is 12.3. The summed E-state index contributed by atoms with van der Waals surface area (Å²) in [6.07, 6.45) is -2.95. The Morgan fingerprint density at radius 1 is 1.64 bits per heavy atom. The normalized spacial score (nSPS) is 10.2. The van der Waals surface area contributed by atoms with Crippen LogP contribution >= 0.6 is 11.6 Å². The van der Waals surface area contributed by atoms with E-state index in [4.69, 9.17) is 16.9 Å². The molecule has 0 unspecified atom stereocenters. The molecule has 6 heteroatoms. The summed E-state index contributed by atoms with van der Waals surface area (Å²) in [7, 11) is 0. The molecule has 1 N–H and O–H groups in total. The van der Waals surface area contributed by atoms with Gasteiger partial charge in [-0.25, -0.2) is 8.78 Å². The molecule has 1 heterocycles. The Hall–Kier alpha value is -1.41. The second-order valence-corrected chi connectivity index (χ2v) is 2.91. The van der Waals surface area contributed by atoms with Gasteiger partial charge in [-0.3, -0.25) is 4.79 Å². The molecule has 1 aromatic rings. The summed E-state index contributed by atoms with van der Waals surface area (Å²) >= 11 is 5.35. The Bertz CT molecular complexity index is 436. The molecule has 0 spiro atoms. The second-order valence-electron chi connectivity index (χ2n) is 2.53. The minimum Gasteiger partial charge on any atom is -0.324 e. The zero-order valence-corrected chi connectivity index (χ0v) is 7.61. The number of halogens is 3. The summed E-state index contributed by atoms with van der Waals surface area (Å²) in [5.41, 5.74) is -1.20. The molecule has 74 valence electrons. The average Bonchev–Trinajstić information content (AvgIpc) is 2.11. The van der Waals surface area contributed by atoms with E-state index in [0.717, 1.165) is 6.07 Å². The third kappa shape index (κ3) is 2.09. The highest BCUT2D eigenvalue weighted by Crippen LogP contribution is 2.24. The summed E-state index contributed by atoms with van der Waals surface area (Å²) in [6.45, 7) is 0. The van der Waals surface area contributed by atoms with Crippen molar-refractivity contribution in [2.24, 2.45) is 0 Å². The Morgan fingerprint density at radius 2 is 2.29 bits per heavy atom. The zero-order valence-electron chi connectivity index (χ0n) is 6.85. The lowest BCUT2D eigenvalue weighted by molar-refractivity contribution is 0.151. The lowest BCUT2D eigenvalue weighted by Gasteiger charge is -2.03. The summed E-state index contributed by atoms with van der Waals surface area (Å²) < 4.78 is 24.6. The largest absolute Gasteiger partial charge is 0.324 e. The third-order valence-electron chi connectivity index (χ3n) is 1.56. The van der Waals surface area contributed by atoms with Gasteiger partial charge < -0.3 is 4.98 Å². The number of aromatic amines is 1. The number of nitrogens with zero attached hydrogens (tertiary/aromatic N) is 1. The molecule has 0 fully saturated rings. The van der Waals surface area contributed by atoms with E-state index < -0.39 is 22.6 Å². The fourth-order valence-corrected chi connectivity index (χ4v) is 1.14. The third-order valence-corrected chi connectivity index (χ3v) is 1.95. The number of hydrogen-bond donors (Lipinski definition) is 1. The highest BCUT2D eigenvalue weighted by Gasteiger charge is 2.15. The van der Waals surface area contributed by atoms with E-state index in [1.54, 1.807) is 6.07 Å². The number of alkyl halides is 2. The summed E-state index contributed by atoms with van der Waals surface area (Å²) in [5.74, 6) is 0. The second kappa shape index (κ2) is 4.20. The monoisotopic (exact) mass is 218 g/mol. The van der Waals surface area contributed by atoms with Crippen molar-refractivity contribution in [3.8, 4) is 6.07 Å². The van der Waals surface area contributed by atoms with Crippen LogP contribution in [-0.4, -0.2) is 4.98 Å². The van der Waals surface area contributed by atoms with Crippen molar-refractivity contribution in [2.45, 2.75) is 12.8 Å². The SMILES string of the molecule is N#CCc1cc(C(F)F)c(Cl)c(=O)[nH]1. The fourth-order valence-electron chi connectivity index (χ4n) is 0.958. The first-order chi connectivity index (χ1) is 6.56. The maximum absolute atomic E-state index is 12.3. The maximum Gasteiger partial charge on any atom is 0.267 e. The number of rotatable bonds is 2. The molecule has 1 aromatic heterocycles. The van der Waals surface area contributed by atoms with Crippen LogP contribution in [0.1, 0.15) is 17.7 Å². The average molecular weight is 219 g/mol. The van der Waals surface area contributed by atoms with E-state index in [1.165, 1.54) is 0 Å². The van der Waals surface area contributed by atoms with E-state index in [0.29, 0.717) is 0 Å². The van der Waals surface area contributed by atoms with Crippen molar-refractivity contribution in [3.63, 3.8) is 0 Å².